The predicted octanol–water partition coefficient (Wildman–Crippen LogP) is 5.91. The Balaban J connectivity index is 1.80. The van der Waals surface area contributed by atoms with E-state index in [1.165, 1.54) is 6.07 Å². The second kappa shape index (κ2) is 7.46. The Morgan fingerprint density at radius 3 is 2.53 bits per heavy atom. The molecule has 2 bridgehead atoms. The first-order valence-electron chi connectivity index (χ1n) is 10.9. The molecule has 0 unspecified atom stereocenters. The van der Waals surface area contributed by atoms with Crippen molar-refractivity contribution < 1.29 is 27.8 Å². The van der Waals surface area contributed by atoms with Gasteiger partial charge in [0.05, 0.1) is 12.2 Å². The molecule has 0 aromatic heterocycles. The Morgan fingerprint density at radius 1 is 1.19 bits per heavy atom. The number of carbonyl (C=O) groups excluding carboxylic acids is 1. The number of hydrogen-bond acceptors (Lipinski definition) is 4. The number of Topliss-reactive ketones (excluding diaryl/α,β-unsaturated/α-hetero) is 1. The van der Waals surface area contributed by atoms with Crippen molar-refractivity contribution in [3.8, 4) is 0 Å². The first kappa shape index (κ1) is 21.2. The summed E-state index contributed by atoms with van der Waals surface area (Å²) in [5.41, 5.74) is -0.368. The molecule has 2 heterocycles. The third-order valence-electron chi connectivity index (χ3n) is 6.81. The normalized spacial score (nSPS) is 24.9. The van der Waals surface area contributed by atoms with Crippen molar-refractivity contribution in [1.82, 2.24) is 0 Å². The van der Waals surface area contributed by atoms with Gasteiger partial charge in [0, 0.05) is 29.0 Å². The minimum Gasteiger partial charge on any atom is -0.387 e. The van der Waals surface area contributed by atoms with Crippen molar-refractivity contribution in [3.05, 3.63) is 53.6 Å². The van der Waals surface area contributed by atoms with Crippen LogP contribution in [0.25, 0.3) is 21.5 Å². The van der Waals surface area contributed by atoms with Gasteiger partial charge in [0.15, 0.2) is 0 Å². The summed E-state index contributed by atoms with van der Waals surface area (Å²) in [6.07, 6.45) is -2.76. The third kappa shape index (κ3) is 3.35. The molecule has 0 radical (unpaired) electrons. The summed E-state index contributed by atoms with van der Waals surface area (Å²) >= 11 is 0. The number of fused-ring (bicyclic) bond motifs is 7. The molecule has 4 nitrogen and oxygen atoms in total. The second-order valence-electron chi connectivity index (χ2n) is 8.90. The average Bonchev–Trinajstić information content (AvgIpc) is 2.77. The van der Waals surface area contributed by atoms with Gasteiger partial charge < -0.3 is 15.2 Å². The van der Waals surface area contributed by atoms with Crippen LogP contribution in [0.4, 0.5) is 18.9 Å². The van der Waals surface area contributed by atoms with Crippen molar-refractivity contribution in [1.29, 1.82) is 0 Å². The molecule has 5 rings (SSSR count). The number of carbonyl (C=O) groups is 1. The van der Waals surface area contributed by atoms with Crippen LogP contribution >= 0.6 is 0 Å². The smallest absolute Gasteiger partial charge is 0.387 e. The minimum atomic E-state index is -4.99. The first-order valence-corrected chi connectivity index (χ1v) is 10.9. The zero-order chi connectivity index (χ0) is 22.7. The van der Waals surface area contributed by atoms with E-state index < -0.39 is 23.5 Å². The first-order chi connectivity index (χ1) is 15.2. The largest absolute Gasteiger partial charge is 0.454 e. The predicted molar refractivity (Wildman–Crippen MR) is 117 cm³/mol. The second-order valence-corrected chi connectivity index (χ2v) is 8.90. The minimum absolute atomic E-state index is 0.104. The van der Waals surface area contributed by atoms with Crippen LogP contribution in [-0.4, -0.2) is 35.5 Å². The van der Waals surface area contributed by atoms with Gasteiger partial charge in [-0.3, -0.25) is 4.79 Å². The van der Waals surface area contributed by atoms with Crippen LogP contribution < -0.4 is 5.32 Å². The summed E-state index contributed by atoms with van der Waals surface area (Å²) in [6, 6.07) is 12.2. The highest BCUT2D eigenvalue weighted by Crippen LogP contribution is 2.50. The molecular weight excluding hydrogens is 419 g/mol. The van der Waals surface area contributed by atoms with Gasteiger partial charge in [-0.25, -0.2) is 0 Å². The van der Waals surface area contributed by atoms with Crippen molar-refractivity contribution >= 4 is 33.0 Å². The molecule has 0 spiro atoms. The molecule has 2 N–H and O–H groups in total. The van der Waals surface area contributed by atoms with E-state index in [-0.39, 0.29) is 23.8 Å². The van der Waals surface area contributed by atoms with Crippen LogP contribution in [0.5, 0.6) is 0 Å². The number of hydrogen-bond donors (Lipinski definition) is 2. The summed E-state index contributed by atoms with van der Waals surface area (Å²) < 4.78 is 46.5. The van der Waals surface area contributed by atoms with E-state index in [4.69, 9.17) is 4.74 Å². The number of alkyl halides is 3. The Labute approximate surface area is 183 Å². The summed E-state index contributed by atoms with van der Waals surface area (Å²) in [7, 11) is 0. The van der Waals surface area contributed by atoms with E-state index in [1.54, 1.807) is 6.07 Å². The lowest BCUT2D eigenvalue weighted by Crippen LogP contribution is -2.52. The standard InChI is InChI=1S/C25H24F3NO3/c1-2-3-8-24(31)13-32-21-12-20(24)19-11-18(23(30)25(26,27)28)16-9-14-6-4-5-7-15(14)10-17(16)22(19)29-21/h4-7,9-11,20-21,29,31H,2-3,8,12-13H2,1H3/t20-,21+,24-/m1/s1. The number of benzene rings is 3. The number of ether oxygens (including phenoxy) is 1. The van der Waals surface area contributed by atoms with Gasteiger partial charge >= 0.3 is 6.18 Å². The number of rotatable bonds is 4. The van der Waals surface area contributed by atoms with Gasteiger partial charge in [-0.2, -0.15) is 13.2 Å². The Morgan fingerprint density at radius 2 is 1.88 bits per heavy atom. The van der Waals surface area contributed by atoms with E-state index in [2.05, 4.69) is 5.32 Å². The van der Waals surface area contributed by atoms with Gasteiger partial charge in [-0.05, 0) is 46.3 Å². The molecule has 168 valence electrons. The molecule has 0 aliphatic carbocycles. The molecule has 32 heavy (non-hydrogen) atoms. The lowest BCUT2D eigenvalue weighted by Gasteiger charge is -2.48. The van der Waals surface area contributed by atoms with E-state index in [1.807, 2.05) is 37.3 Å². The average molecular weight is 443 g/mol. The molecule has 3 atom stereocenters. The zero-order valence-electron chi connectivity index (χ0n) is 17.6. The molecule has 2 aliphatic rings. The van der Waals surface area contributed by atoms with Gasteiger partial charge in [0.2, 0.25) is 0 Å². The van der Waals surface area contributed by atoms with E-state index >= 15 is 0 Å². The Bertz CT molecular complexity index is 1220. The number of ketones is 1. The summed E-state index contributed by atoms with van der Waals surface area (Å²) in [4.78, 5) is 12.5. The maximum atomic E-state index is 13.5. The van der Waals surface area contributed by atoms with Crippen molar-refractivity contribution in [3.63, 3.8) is 0 Å². The molecule has 2 aliphatic heterocycles. The quantitative estimate of drug-likeness (QED) is 0.389. The summed E-state index contributed by atoms with van der Waals surface area (Å²) in [6.45, 7) is 2.12. The van der Waals surface area contributed by atoms with E-state index in [0.717, 1.165) is 23.6 Å². The SMILES string of the molecule is CCCC[C@@]1(O)CO[C@H]2C[C@@H]1c1cc(C(=O)C(F)(F)F)c3cc4ccccc4cc3c1N2. The number of aliphatic hydroxyl groups is 1. The lowest BCUT2D eigenvalue weighted by molar-refractivity contribution is -0.133. The molecule has 1 saturated heterocycles. The summed E-state index contributed by atoms with van der Waals surface area (Å²) in [5.74, 6) is -2.29. The molecule has 7 heteroatoms. The maximum Gasteiger partial charge on any atom is 0.454 e. The van der Waals surface area contributed by atoms with E-state index in [0.29, 0.717) is 29.5 Å². The van der Waals surface area contributed by atoms with Crippen molar-refractivity contribution in [2.24, 2.45) is 0 Å². The molecule has 0 saturated carbocycles. The molecule has 1 fully saturated rings. The fourth-order valence-corrected chi connectivity index (χ4v) is 5.16. The van der Waals surface area contributed by atoms with Crippen LogP contribution in [0.2, 0.25) is 0 Å². The van der Waals surface area contributed by atoms with Crippen LogP contribution in [0, 0.1) is 0 Å². The fourth-order valence-electron chi connectivity index (χ4n) is 5.16. The van der Waals surface area contributed by atoms with Crippen LogP contribution in [0.1, 0.15) is 54.4 Å². The van der Waals surface area contributed by atoms with E-state index in [9.17, 15) is 23.1 Å². The third-order valence-corrected chi connectivity index (χ3v) is 6.81. The van der Waals surface area contributed by atoms with Crippen molar-refractivity contribution in [2.75, 3.05) is 11.9 Å². The van der Waals surface area contributed by atoms with Crippen LogP contribution in [-0.2, 0) is 4.74 Å². The topological polar surface area (TPSA) is 58.6 Å². The highest BCUT2D eigenvalue weighted by molar-refractivity contribution is 6.17. The van der Waals surface area contributed by atoms with Gasteiger partial charge in [0.1, 0.15) is 6.23 Å². The number of unbranched alkanes of at least 4 members (excludes halogenated alkanes) is 1. The Kier molecular flexibility index (Phi) is 4.94. The van der Waals surface area contributed by atoms with Crippen LogP contribution in [0.15, 0.2) is 42.5 Å². The highest BCUT2D eigenvalue weighted by Gasteiger charge is 2.48. The fraction of sp³-hybridized carbons (Fsp3) is 0.400. The van der Waals surface area contributed by atoms with Crippen molar-refractivity contribution in [2.45, 2.75) is 56.5 Å². The van der Waals surface area contributed by atoms with Gasteiger partial charge in [-0.1, -0.05) is 44.0 Å². The molecule has 0 amide bonds. The van der Waals surface area contributed by atoms with Crippen LogP contribution in [0.3, 0.4) is 0 Å². The molecular formula is C25H24F3NO3. The maximum absolute atomic E-state index is 13.5. The summed E-state index contributed by atoms with van der Waals surface area (Å²) in [5, 5.41) is 17.1. The highest BCUT2D eigenvalue weighted by atomic mass is 19.4. The number of anilines is 1. The monoisotopic (exact) mass is 443 g/mol. The zero-order valence-corrected chi connectivity index (χ0v) is 17.6. The molecule has 3 aromatic carbocycles. The lowest BCUT2D eigenvalue weighted by atomic mass is 9.72. The number of nitrogens with one attached hydrogen (secondary N) is 1. The Hall–Kier alpha value is -2.64. The molecule has 3 aromatic rings. The van der Waals surface area contributed by atoms with Gasteiger partial charge in [-0.15, -0.1) is 0 Å². The van der Waals surface area contributed by atoms with Gasteiger partial charge in [0.25, 0.3) is 5.78 Å². The number of halogens is 3.